The lowest BCUT2D eigenvalue weighted by Crippen LogP contribution is -2.34. The van der Waals surface area contributed by atoms with Crippen molar-refractivity contribution in [3.8, 4) is 6.07 Å². The average molecular weight is 323 g/mol. The molecule has 1 atom stereocenters. The third-order valence-electron chi connectivity index (χ3n) is 3.17. The van der Waals surface area contributed by atoms with E-state index in [1.165, 1.54) is 0 Å². The van der Waals surface area contributed by atoms with Crippen molar-refractivity contribution < 1.29 is 4.79 Å². The second-order valence-electron chi connectivity index (χ2n) is 5.12. The summed E-state index contributed by atoms with van der Waals surface area (Å²) in [7, 11) is 1.75. The first-order valence-electron chi connectivity index (χ1n) is 6.26. The van der Waals surface area contributed by atoms with Gasteiger partial charge in [0, 0.05) is 18.1 Å². The van der Waals surface area contributed by atoms with Gasteiger partial charge in [-0.05, 0) is 36.1 Å². The molecule has 0 saturated heterocycles. The van der Waals surface area contributed by atoms with Gasteiger partial charge in [0.25, 0.3) is 0 Å². The topological polar surface area (TPSA) is 44.1 Å². The molecular weight excluding hydrogens is 304 g/mol. The van der Waals surface area contributed by atoms with Gasteiger partial charge in [0.05, 0.1) is 6.07 Å². The summed E-state index contributed by atoms with van der Waals surface area (Å²) in [5, 5.41) is 9.08. The number of amides is 1. The lowest BCUT2D eigenvalue weighted by atomic mass is 9.96. The largest absolute Gasteiger partial charge is 0.340 e. The minimum Gasteiger partial charge on any atom is -0.340 e. The molecule has 1 aromatic rings. The van der Waals surface area contributed by atoms with Gasteiger partial charge in [0.2, 0.25) is 5.91 Å². The summed E-state index contributed by atoms with van der Waals surface area (Å²) in [4.78, 5) is 13.8. The average Bonchev–Trinajstić information content (AvgIpc) is 2.34. The van der Waals surface area contributed by atoms with Crippen LogP contribution < -0.4 is 0 Å². The van der Waals surface area contributed by atoms with Crippen LogP contribution >= 0.6 is 15.9 Å². The van der Waals surface area contributed by atoms with Crippen molar-refractivity contribution >= 4 is 21.8 Å². The van der Waals surface area contributed by atoms with Crippen molar-refractivity contribution in [2.75, 3.05) is 7.05 Å². The van der Waals surface area contributed by atoms with E-state index in [-0.39, 0.29) is 11.8 Å². The van der Waals surface area contributed by atoms with E-state index in [0.29, 0.717) is 6.54 Å². The summed E-state index contributed by atoms with van der Waals surface area (Å²) < 4.78 is 0.995. The minimum absolute atomic E-state index is 0.0311. The highest BCUT2D eigenvalue weighted by atomic mass is 79.9. The fourth-order valence-electron chi connectivity index (χ4n) is 1.87. The lowest BCUT2D eigenvalue weighted by Gasteiger charge is -2.23. The van der Waals surface area contributed by atoms with E-state index in [1.807, 2.05) is 39.0 Å². The van der Waals surface area contributed by atoms with E-state index in [9.17, 15) is 4.79 Å². The maximum atomic E-state index is 12.2. The number of carbonyl (C=O) groups excluding carboxylic acids is 1. The molecule has 0 aromatic heterocycles. The molecule has 0 N–H and O–H groups in total. The third-order valence-corrected chi connectivity index (χ3v) is 3.66. The highest BCUT2D eigenvalue weighted by Crippen LogP contribution is 2.19. The molecular formula is C15H19BrN2O. The number of benzene rings is 1. The smallest absolute Gasteiger partial charge is 0.240 e. The quantitative estimate of drug-likeness (QED) is 0.851. The van der Waals surface area contributed by atoms with Gasteiger partial charge in [-0.15, -0.1) is 0 Å². The van der Waals surface area contributed by atoms with E-state index >= 15 is 0 Å². The van der Waals surface area contributed by atoms with Gasteiger partial charge in [-0.3, -0.25) is 4.79 Å². The van der Waals surface area contributed by atoms with Crippen molar-refractivity contribution in [3.63, 3.8) is 0 Å². The number of rotatable bonds is 4. The monoisotopic (exact) mass is 322 g/mol. The molecule has 0 bridgehead atoms. The maximum absolute atomic E-state index is 12.2. The molecule has 102 valence electrons. The molecule has 0 saturated carbocycles. The van der Waals surface area contributed by atoms with Crippen LogP contribution in [0, 0.1) is 30.1 Å². The van der Waals surface area contributed by atoms with Crippen molar-refractivity contribution in [2.24, 2.45) is 11.8 Å². The molecule has 0 spiro atoms. The summed E-state index contributed by atoms with van der Waals surface area (Å²) in [6.45, 7) is 6.33. The summed E-state index contributed by atoms with van der Waals surface area (Å²) in [6.07, 6.45) is 0. The third kappa shape index (κ3) is 4.07. The Kier molecular flexibility index (Phi) is 5.56. The van der Waals surface area contributed by atoms with Crippen LogP contribution in [-0.4, -0.2) is 17.9 Å². The van der Waals surface area contributed by atoms with Gasteiger partial charge in [0.15, 0.2) is 0 Å². The molecule has 0 fully saturated rings. The van der Waals surface area contributed by atoms with E-state index < -0.39 is 5.92 Å². The van der Waals surface area contributed by atoms with Gasteiger partial charge < -0.3 is 4.90 Å². The van der Waals surface area contributed by atoms with Crippen LogP contribution in [0.1, 0.15) is 25.0 Å². The SMILES string of the molecule is Cc1ccc(Br)cc1CN(C)C(=O)C(C#N)C(C)C. The molecule has 1 rings (SSSR count). The Bertz CT molecular complexity index is 505. The van der Waals surface area contributed by atoms with E-state index in [1.54, 1.807) is 11.9 Å². The summed E-state index contributed by atoms with van der Waals surface area (Å²) in [6, 6.07) is 8.10. The zero-order chi connectivity index (χ0) is 14.6. The Morgan fingerprint density at radius 2 is 2.11 bits per heavy atom. The molecule has 0 aliphatic rings. The van der Waals surface area contributed by atoms with Crippen LogP contribution in [-0.2, 0) is 11.3 Å². The molecule has 4 heteroatoms. The molecule has 0 aliphatic heterocycles. The lowest BCUT2D eigenvalue weighted by molar-refractivity contribution is -0.134. The molecule has 3 nitrogen and oxygen atoms in total. The summed E-state index contributed by atoms with van der Waals surface area (Å²) in [5.74, 6) is -0.655. The Morgan fingerprint density at radius 3 is 2.63 bits per heavy atom. The number of nitriles is 1. The zero-order valence-corrected chi connectivity index (χ0v) is 13.4. The van der Waals surface area contributed by atoms with E-state index in [4.69, 9.17) is 5.26 Å². The Hall–Kier alpha value is -1.34. The first-order chi connectivity index (χ1) is 8.86. The van der Waals surface area contributed by atoms with Crippen LogP contribution in [0.3, 0.4) is 0 Å². The normalized spacial score (nSPS) is 12.1. The molecule has 0 heterocycles. The highest BCUT2D eigenvalue weighted by Gasteiger charge is 2.25. The zero-order valence-electron chi connectivity index (χ0n) is 11.8. The van der Waals surface area contributed by atoms with E-state index in [2.05, 4.69) is 22.0 Å². The van der Waals surface area contributed by atoms with Gasteiger partial charge >= 0.3 is 0 Å². The molecule has 0 aliphatic carbocycles. The van der Waals surface area contributed by atoms with Crippen LogP contribution in [0.5, 0.6) is 0 Å². The fraction of sp³-hybridized carbons (Fsp3) is 0.467. The number of nitrogens with zero attached hydrogens (tertiary/aromatic N) is 2. The van der Waals surface area contributed by atoms with Crippen molar-refractivity contribution in [3.05, 3.63) is 33.8 Å². The van der Waals surface area contributed by atoms with Gasteiger partial charge in [0.1, 0.15) is 5.92 Å². The highest BCUT2D eigenvalue weighted by molar-refractivity contribution is 9.10. The number of hydrogen-bond acceptors (Lipinski definition) is 2. The second-order valence-corrected chi connectivity index (χ2v) is 6.03. The summed E-state index contributed by atoms with van der Waals surface area (Å²) in [5.41, 5.74) is 2.23. The number of aryl methyl sites for hydroxylation is 1. The second kappa shape index (κ2) is 6.72. The number of hydrogen-bond donors (Lipinski definition) is 0. The van der Waals surface area contributed by atoms with Crippen LogP contribution in [0.2, 0.25) is 0 Å². The molecule has 1 unspecified atom stereocenters. The summed E-state index contributed by atoms with van der Waals surface area (Å²) >= 11 is 3.43. The first kappa shape index (κ1) is 15.7. The van der Waals surface area contributed by atoms with Crippen molar-refractivity contribution in [1.29, 1.82) is 5.26 Å². The van der Waals surface area contributed by atoms with E-state index in [0.717, 1.165) is 15.6 Å². The fourth-order valence-corrected chi connectivity index (χ4v) is 2.28. The van der Waals surface area contributed by atoms with Crippen molar-refractivity contribution in [2.45, 2.75) is 27.3 Å². The number of halogens is 1. The Labute approximate surface area is 123 Å². The molecule has 1 aromatic carbocycles. The maximum Gasteiger partial charge on any atom is 0.240 e. The minimum atomic E-state index is -0.572. The van der Waals surface area contributed by atoms with Crippen molar-refractivity contribution in [1.82, 2.24) is 4.90 Å². The van der Waals surface area contributed by atoms with Crippen LogP contribution in [0.4, 0.5) is 0 Å². The van der Waals surface area contributed by atoms with Crippen LogP contribution in [0.25, 0.3) is 0 Å². The standard InChI is InChI=1S/C15H19BrN2O/c1-10(2)14(8-17)15(19)18(4)9-12-7-13(16)6-5-11(12)3/h5-7,10,14H,9H2,1-4H3. The molecule has 1 amide bonds. The predicted octanol–water partition coefficient (Wildman–Crippen LogP) is 3.51. The van der Waals surface area contributed by atoms with Crippen LogP contribution in [0.15, 0.2) is 22.7 Å². The van der Waals surface area contributed by atoms with Gasteiger partial charge in [-0.2, -0.15) is 5.26 Å². The Morgan fingerprint density at radius 1 is 1.47 bits per heavy atom. The first-order valence-corrected chi connectivity index (χ1v) is 7.05. The molecule has 19 heavy (non-hydrogen) atoms. The Balaban J connectivity index is 2.85. The van der Waals surface area contributed by atoms with Gasteiger partial charge in [-0.25, -0.2) is 0 Å². The number of carbonyl (C=O) groups is 1. The molecule has 0 radical (unpaired) electrons. The predicted molar refractivity (Wildman–Crippen MR) is 79.3 cm³/mol. The van der Waals surface area contributed by atoms with Gasteiger partial charge in [-0.1, -0.05) is 35.8 Å².